The molecule has 2 aliphatic rings. The Kier molecular flexibility index (Phi) is 7.47. The average Bonchev–Trinajstić information content (AvgIpc) is 2.75. The highest BCUT2D eigenvalue weighted by atomic mass is 19.4. The molecule has 2 amide bonds. The van der Waals surface area contributed by atoms with E-state index in [-0.39, 0.29) is 36.1 Å². The molecule has 4 rings (SSSR count). The molecule has 2 fully saturated rings. The maximum atomic E-state index is 13.9. The second-order valence-electron chi connectivity index (χ2n) is 8.88. The Labute approximate surface area is 208 Å². The molecule has 0 aliphatic carbocycles. The highest BCUT2D eigenvalue weighted by molar-refractivity contribution is 5.89. The quantitative estimate of drug-likeness (QED) is 0.432. The summed E-state index contributed by atoms with van der Waals surface area (Å²) in [5.41, 5.74) is -2.38. The molecule has 4 atom stereocenters. The van der Waals surface area contributed by atoms with Crippen LogP contribution in [0, 0.1) is 0 Å². The van der Waals surface area contributed by atoms with Crippen molar-refractivity contribution in [2.24, 2.45) is 0 Å². The Morgan fingerprint density at radius 1 is 1.05 bits per heavy atom. The first kappa shape index (κ1) is 26.9. The summed E-state index contributed by atoms with van der Waals surface area (Å²) in [6.07, 6.45) is -9.45. The van der Waals surface area contributed by atoms with Crippen LogP contribution in [0.25, 0.3) is 0 Å². The van der Waals surface area contributed by atoms with Crippen molar-refractivity contribution in [1.29, 1.82) is 0 Å². The van der Waals surface area contributed by atoms with Crippen molar-refractivity contribution in [1.82, 2.24) is 10.6 Å². The lowest BCUT2D eigenvalue weighted by molar-refractivity contribution is -0.334. The number of hydrogen-bond donors (Lipinski definition) is 3. The molecule has 0 spiro atoms. The zero-order chi connectivity index (χ0) is 26.8. The van der Waals surface area contributed by atoms with E-state index in [1.807, 2.05) is 6.92 Å². The lowest BCUT2D eigenvalue weighted by atomic mass is 9.85. The number of amides is 2. The van der Waals surface area contributed by atoms with Gasteiger partial charge in [-0.25, -0.2) is 4.79 Å². The minimum Gasteiger partial charge on any atom is -0.473 e. The van der Waals surface area contributed by atoms with E-state index in [0.717, 1.165) is 12.1 Å². The molecule has 2 aromatic rings. The van der Waals surface area contributed by atoms with E-state index in [2.05, 4.69) is 20.7 Å². The van der Waals surface area contributed by atoms with Gasteiger partial charge in [0.15, 0.2) is 11.8 Å². The molecule has 0 bridgehead atoms. The number of benzene rings is 2. The fourth-order valence-electron chi connectivity index (χ4n) is 4.34. The van der Waals surface area contributed by atoms with Crippen LogP contribution in [0.4, 0.5) is 36.8 Å². The van der Waals surface area contributed by atoms with E-state index in [1.165, 1.54) is 30.3 Å². The van der Waals surface area contributed by atoms with Crippen molar-refractivity contribution in [3.8, 4) is 11.5 Å². The van der Waals surface area contributed by atoms with Gasteiger partial charge < -0.3 is 24.8 Å². The van der Waals surface area contributed by atoms with Crippen molar-refractivity contribution in [3.63, 3.8) is 0 Å². The topological polar surface area (TPSA) is 80.9 Å². The van der Waals surface area contributed by atoms with Crippen LogP contribution < -0.4 is 25.4 Å². The van der Waals surface area contributed by atoms with E-state index < -0.39 is 42.2 Å². The first-order valence-electron chi connectivity index (χ1n) is 11.5. The molecule has 7 nitrogen and oxygen atoms in total. The summed E-state index contributed by atoms with van der Waals surface area (Å²) in [4.78, 5) is 12.6. The second kappa shape index (κ2) is 10.3. The number of carbonyl (C=O) groups excluding carboxylic acids is 1. The molecular formula is C24H25F6N3O4. The molecule has 2 aromatic carbocycles. The van der Waals surface area contributed by atoms with Crippen molar-refractivity contribution < 1.29 is 45.3 Å². The molecule has 2 heterocycles. The molecule has 0 radical (unpaired) electrons. The molecule has 3 N–H and O–H groups in total. The third kappa shape index (κ3) is 6.21. The number of rotatable bonds is 6. The molecule has 0 saturated carbocycles. The lowest BCUT2D eigenvalue weighted by Gasteiger charge is -2.44. The van der Waals surface area contributed by atoms with E-state index in [1.54, 1.807) is 6.07 Å². The molecule has 202 valence electrons. The molecule has 13 heteroatoms. The number of piperidine rings is 1. The first-order valence-corrected chi connectivity index (χ1v) is 11.5. The van der Waals surface area contributed by atoms with Gasteiger partial charge in [-0.2, -0.15) is 13.2 Å². The van der Waals surface area contributed by atoms with Gasteiger partial charge in [-0.1, -0.05) is 18.2 Å². The van der Waals surface area contributed by atoms with Gasteiger partial charge in [-0.15, -0.1) is 13.2 Å². The van der Waals surface area contributed by atoms with Crippen LogP contribution >= 0.6 is 0 Å². The number of hydrogen-bond acceptors (Lipinski definition) is 5. The Balaban J connectivity index is 1.45. The highest BCUT2D eigenvalue weighted by Gasteiger charge is 2.62. The van der Waals surface area contributed by atoms with Gasteiger partial charge in [0.25, 0.3) is 0 Å². The third-order valence-electron chi connectivity index (χ3n) is 6.22. The summed E-state index contributed by atoms with van der Waals surface area (Å²) in [5.74, 6) is -0.457. The van der Waals surface area contributed by atoms with E-state index in [4.69, 9.17) is 9.47 Å². The lowest BCUT2D eigenvalue weighted by Crippen LogP contribution is -2.59. The summed E-state index contributed by atoms with van der Waals surface area (Å²) in [5, 5.41) is 8.39. The van der Waals surface area contributed by atoms with Gasteiger partial charge in [0.05, 0.1) is 12.6 Å². The molecule has 2 saturated heterocycles. The SMILES string of the molecule is CC1CCC(NC(=O)Nc2ccc(OC(F)(F)F)cc2)C(Oc2ccccc2C2(C(F)(F)F)CCO2)N1. The summed E-state index contributed by atoms with van der Waals surface area (Å²) in [7, 11) is 0. The number of halogens is 6. The monoisotopic (exact) mass is 533 g/mol. The van der Waals surface area contributed by atoms with Crippen LogP contribution in [0.3, 0.4) is 0 Å². The number of anilines is 1. The minimum absolute atomic E-state index is 0.0152. The van der Waals surface area contributed by atoms with Gasteiger partial charge in [0.1, 0.15) is 11.5 Å². The first-order chi connectivity index (χ1) is 17.4. The number of urea groups is 1. The van der Waals surface area contributed by atoms with E-state index in [9.17, 15) is 31.1 Å². The summed E-state index contributed by atoms with van der Waals surface area (Å²) >= 11 is 0. The minimum atomic E-state index is -4.84. The fourth-order valence-corrected chi connectivity index (χ4v) is 4.34. The summed E-state index contributed by atoms with van der Waals surface area (Å²) < 4.78 is 93.5. The Morgan fingerprint density at radius 3 is 2.32 bits per heavy atom. The molecule has 2 aliphatic heterocycles. The van der Waals surface area contributed by atoms with Gasteiger partial charge in [0.2, 0.25) is 0 Å². The zero-order valence-electron chi connectivity index (χ0n) is 19.6. The van der Waals surface area contributed by atoms with E-state index >= 15 is 0 Å². The average molecular weight is 533 g/mol. The van der Waals surface area contributed by atoms with Crippen LogP contribution in [0.5, 0.6) is 11.5 Å². The maximum absolute atomic E-state index is 13.9. The number of alkyl halides is 6. The van der Waals surface area contributed by atoms with Crippen LogP contribution in [0.1, 0.15) is 31.7 Å². The summed E-state index contributed by atoms with van der Waals surface area (Å²) in [6, 6.07) is 9.02. The van der Waals surface area contributed by atoms with Crippen molar-refractivity contribution in [2.75, 3.05) is 11.9 Å². The van der Waals surface area contributed by atoms with Crippen LogP contribution in [0.2, 0.25) is 0 Å². The smallest absolute Gasteiger partial charge is 0.473 e. The fraction of sp³-hybridized carbons (Fsp3) is 0.458. The largest absolute Gasteiger partial charge is 0.573 e. The zero-order valence-corrected chi connectivity index (χ0v) is 19.6. The highest BCUT2D eigenvalue weighted by Crippen LogP contribution is 2.52. The Bertz CT molecular complexity index is 1090. The number of ether oxygens (including phenoxy) is 3. The molecular weight excluding hydrogens is 508 g/mol. The second-order valence-corrected chi connectivity index (χ2v) is 8.88. The van der Waals surface area contributed by atoms with Crippen molar-refractivity contribution in [2.45, 2.75) is 62.6 Å². The van der Waals surface area contributed by atoms with Crippen molar-refractivity contribution >= 4 is 11.7 Å². The van der Waals surface area contributed by atoms with Gasteiger partial charge in [-0.05, 0) is 50.1 Å². The number of nitrogens with one attached hydrogen (secondary N) is 3. The molecule has 4 unspecified atom stereocenters. The van der Waals surface area contributed by atoms with Crippen LogP contribution in [-0.4, -0.2) is 43.5 Å². The number of para-hydroxylation sites is 1. The van der Waals surface area contributed by atoms with Gasteiger partial charge >= 0.3 is 18.6 Å². The van der Waals surface area contributed by atoms with Crippen LogP contribution in [0.15, 0.2) is 48.5 Å². The van der Waals surface area contributed by atoms with Gasteiger partial charge in [0, 0.05) is 23.7 Å². The Morgan fingerprint density at radius 2 is 1.73 bits per heavy atom. The predicted molar refractivity (Wildman–Crippen MR) is 120 cm³/mol. The number of carbonyl (C=O) groups is 1. The van der Waals surface area contributed by atoms with Gasteiger partial charge in [-0.3, -0.25) is 5.32 Å². The van der Waals surface area contributed by atoms with Crippen molar-refractivity contribution in [3.05, 3.63) is 54.1 Å². The predicted octanol–water partition coefficient (Wildman–Crippen LogP) is 5.43. The summed E-state index contributed by atoms with van der Waals surface area (Å²) in [6.45, 7) is 1.86. The van der Waals surface area contributed by atoms with E-state index in [0.29, 0.717) is 12.8 Å². The standard InChI is InChI=1S/C24H25F6N3O4/c1-14-6-11-18(33-21(34)32-15-7-9-16(10-8-15)37-24(28,29)30)20(31-14)36-19-5-3-2-4-17(19)22(12-13-35-22)23(25,26)27/h2-5,7-10,14,18,20,31H,6,11-13H2,1H3,(H2,32,33,34). The molecule has 37 heavy (non-hydrogen) atoms. The maximum Gasteiger partial charge on any atom is 0.573 e. The third-order valence-corrected chi connectivity index (χ3v) is 6.22. The molecule has 0 aromatic heterocycles. The normalized spacial score (nSPS) is 26.1. The van der Waals surface area contributed by atoms with Crippen LogP contribution in [-0.2, 0) is 10.3 Å². The Hall–Kier alpha value is -3.19.